The van der Waals surface area contributed by atoms with Crippen LogP contribution in [0.1, 0.15) is 24.8 Å². The van der Waals surface area contributed by atoms with Gasteiger partial charge < -0.3 is 10.6 Å². The molecule has 0 radical (unpaired) electrons. The fourth-order valence-corrected chi connectivity index (χ4v) is 4.22. The second-order valence-electron chi connectivity index (χ2n) is 6.04. The molecule has 0 heterocycles. The van der Waals surface area contributed by atoms with Gasteiger partial charge in [-0.15, -0.1) is 0 Å². The highest BCUT2D eigenvalue weighted by atomic mass is 32.2. The Balaban J connectivity index is 2.08. The van der Waals surface area contributed by atoms with E-state index in [1.807, 2.05) is 31.1 Å². The van der Waals surface area contributed by atoms with Crippen LogP contribution in [0, 0.1) is 5.92 Å². The Morgan fingerprint density at radius 2 is 1.90 bits per heavy atom. The standard InChI is InChI=1S/C15H25N3O2S/c1-18(2)11-12-6-8-14(9-7-12)21(19,20)17-15-5-3-4-13(15)10-16/h6-9,13,15,17H,3-5,10-11,16H2,1-2H3. The molecule has 1 aliphatic carbocycles. The summed E-state index contributed by atoms with van der Waals surface area (Å²) in [5.74, 6) is 0.257. The van der Waals surface area contributed by atoms with Crippen LogP contribution >= 0.6 is 0 Å². The normalized spacial score (nSPS) is 22.9. The maximum atomic E-state index is 12.4. The van der Waals surface area contributed by atoms with Crippen molar-refractivity contribution < 1.29 is 8.42 Å². The van der Waals surface area contributed by atoms with Gasteiger partial charge in [-0.2, -0.15) is 0 Å². The maximum absolute atomic E-state index is 12.4. The number of hydrogen-bond donors (Lipinski definition) is 2. The number of benzene rings is 1. The van der Waals surface area contributed by atoms with Crippen molar-refractivity contribution in [1.29, 1.82) is 0 Å². The highest BCUT2D eigenvalue weighted by Gasteiger charge is 2.30. The molecule has 118 valence electrons. The van der Waals surface area contributed by atoms with Crippen LogP contribution in [0.3, 0.4) is 0 Å². The van der Waals surface area contributed by atoms with Gasteiger partial charge in [0.05, 0.1) is 4.90 Å². The summed E-state index contributed by atoms with van der Waals surface area (Å²) in [4.78, 5) is 2.37. The van der Waals surface area contributed by atoms with E-state index in [1.165, 1.54) is 0 Å². The summed E-state index contributed by atoms with van der Waals surface area (Å²) in [5.41, 5.74) is 6.81. The van der Waals surface area contributed by atoms with Crippen LogP contribution in [0.4, 0.5) is 0 Å². The van der Waals surface area contributed by atoms with E-state index in [9.17, 15) is 8.42 Å². The molecule has 21 heavy (non-hydrogen) atoms. The molecule has 1 fully saturated rings. The molecule has 1 aliphatic rings. The minimum absolute atomic E-state index is 0.0264. The smallest absolute Gasteiger partial charge is 0.240 e. The van der Waals surface area contributed by atoms with E-state index in [0.717, 1.165) is 31.4 Å². The van der Waals surface area contributed by atoms with Crippen LogP contribution in [-0.4, -0.2) is 40.0 Å². The first-order valence-corrected chi connectivity index (χ1v) is 8.87. The monoisotopic (exact) mass is 311 g/mol. The summed E-state index contributed by atoms with van der Waals surface area (Å²) in [6.45, 7) is 1.33. The summed E-state index contributed by atoms with van der Waals surface area (Å²) in [5, 5.41) is 0. The molecule has 0 saturated heterocycles. The molecule has 2 atom stereocenters. The molecular formula is C15H25N3O2S. The topological polar surface area (TPSA) is 75.4 Å². The molecule has 5 nitrogen and oxygen atoms in total. The predicted molar refractivity (Wildman–Crippen MR) is 84.3 cm³/mol. The molecule has 3 N–H and O–H groups in total. The van der Waals surface area contributed by atoms with Gasteiger partial charge in [0.25, 0.3) is 0 Å². The van der Waals surface area contributed by atoms with Crippen LogP contribution in [0.5, 0.6) is 0 Å². The minimum Gasteiger partial charge on any atom is -0.330 e. The first-order valence-electron chi connectivity index (χ1n) is 7.38. The molecular weight excluding hydrogens is 286 g/mol. The largest absolute Gasteiger partial charge is 0.330 e. The van der Waals surface area contributed by atoms with Crippen LogP contribution in [-0.2, 0) is 16.6 Å². The van der Waals surface area contributed by atoms with Gasteiger partial charge in [-0.3, -0.25) is 0 Å². The molecule has 0 bridgehead atoms. The van der Waals surface area contributed by atoms with E-state index in [0.29, 0.717) is 11.4 Å². The molecule has 0 spiro atoms. The summed E-state index contributed by atoms with van der Waals surface area (Å²) < 4.78 is 27.7. The van der Waals surface area contributed by atoms with E-state index < -0.39 is 10.0 Å². The second kappa shape index (κ2) is 6.87. The lowest BCUT2D eigenvalue weighted by molar-refractivity contribution is 0.402. The molecule has 1 aromatic rings. The molecule has 2 unspecified atom stereocenters. The summed E-state index contributed by atoms with van der Waals surface area (Å²) >= 11 is 0. The Hall–Kier alpha value is -0.950. The Morgan fingerprint density at radius 3 is 2.48 bits per heavy atom. The van der Waals surface area contributed by atoms with Crippen molar-refractivity contribution in [2.24, 2.45) is 11.7 Å². The van der Waals surface area contributed by atoms with E-state index in [-0.39, 0.29) is 12.0 Å². The third-order valence-corrected chi connectivity index (χ3v) is 5.51. The van der Waals surface area contributed by atoms with Crippen molar-refractivity contribution in [3.8, 4) is 0 Å². The maximum Gasteiger partial charge on any atom is 0.240 e. The zero-order valence-electron chi connectivity index (χ0n) is 12.7. The quantitative estimate of drug-likeness (QED) is 0.826. The van der Waals surface area contributed by atoms with Crippen LogP contribution in [0.15, 0.2) is 29.2 Å². The van der Waals surface area contributed by atoms with Crippen molar-refractivity contribution in [3.63, 3.8) is 0 Å². The summed E-state index contributed by atoms with van der Waals surface area (Å²) in [7, 11) is 0.520. The van der Waals surface area contributed by atoms with Crippen molar-refractivity contribution in [3.05, 3.63) is 29.8 Å². The van der Waals surface area contributed by atoms with Crippen molar-refractivity contribution in [1.82, 2.24) is 9.62 Å². The number of nitrogens with one attached hydrogen (secondary N) is 1. The number of hydrogen-bond acceptors (Lipinski definition) is 4. The van der Waals surface area contributed by atoms with Gasteiger partial charge >= 0.3 is 0 Å². The van der Waals surface area contributed by atoms with Crippen molar-refractivity contribution in [2.45, 2.75) is 36.7 Å². The lowest BCUT2D eigenvalue weighted by Crippen LogP contribution is -2.39. The van der Waals surface area contributed by atoms with Crippen LogP contribution < -0.4 is 10.5 Å². The Labute approximate surface area is 127 Å². The molecule has 0 aliphatic heterocycles. The van der Waals surface area contributed by atoms with E-state index in [1.54, 1.807) is 12.1 Å². The van der Waals surface area contributed by atoms with Gasteiger partial charge in [0.15, 0.2) is 0 Å². The second-order valence-corrected chi connectivity index (χ2v) is 7.75. The molecule has 0 amide bonds. The van der Waals surface area contributed by atoms with E-state index in [4.69, 9.17) is 5.73 Å². The van der Waals surface area contributed by atoms with Crippen molar-refractivity contribution >= 4 is 10.0 Å². The van der Waals surface area contributed by atoms with Gasteiger partial charge in [0.2, 0.25) is 10.0 Å². The van der Waals surface area contributed by atoms with Crippen LogP contribution in [0.2, 0.25) is 0 Å². The fraction of sp³-hybridized carbons (Fsp3) is 0.600. The average Bonchev–Trinajstić information content (AvgIpc) is 2.85. The van der Waals surface area contributed by atoms with Gasteiger partial charge in [-0.05, 0) is 57.1 Å². The molecule has 6 heteroatoms. The zero-order valence-corrected chi connectivity index (χ0v) is 13.6. The number of nitrogens with zero attached hydrogens (tertiary/aromatic N) is 1. The Morgan fingerprint density at radius 1 is 1.24 bits per heavy atom. The molecule has 1 aromatic carbocycles. The highest BCUT2D eigenvalue weighted by molar-refractivity contribution is 7.89. The first kappa shape index (κ1) is 16.4. The Kier molecular flexibility index (Phi) is 5.37. The SMILES string of the molecule is CN(C)Cc1ccc(S(=O)(=O)NC2CCCC2CN)cc1. The fourth-order valence-electron chi connectivity index (χ4n) is 2.88. The van der Waals surface area contributed by atoms with Gasteiger partial charge in [0.1, 0.15) is 0 Å². The number of rotatable bonds is 6. The first-order chi connectivity index (χ1) is 9.92. The van der Waals surface area contributed by atoms with E-state index >= 15 is 0 Å². The lowest BCUT2D eigenvalue weighted by Gasteiger charge is -2.19. The van der Waals surface area contributed by atoms with Crippen LogP contribution in [0.25, 0.3) is 0 Å². The summed E-state index contributed by atoms with van der Waals surface area (Å²) in [6, 6.07) is 7.05. The molecule has 2 rings (SSSR count). The highest BCUT2D eigenvalue weighted by Crippen LogP contribution is 2.26. The number of nitrogens with two attached hydrogens (primary N) is 1. The molecule has 1 saturated carbocycles. The third kappa shape index (κ3) is 4.26. The van der Waals surface area contributed by atoms with Gasteiger partial charge in [-0.1, -0.05) is 18.6 Å². The third-order valence-electron chi connectivity index (χ3n) is 4.00. The summed E-state index contributed by atoms with van der Waals surface area (Å²) in [6.07, 6.45) is 2.92. The van der Waals surface area contributed by atoms with Crippen molar-refractivity contribution in [2.75, 3.05) is 20.6 Å². The average molecular weight is 311 g/mol. The predicted octanol–water partition coefficient (Wildman–Crippen LogP) is 1.15. The lowest BCUT2D eigenvalue weighted by atomic mass is 10.1. The minimum atomic E-state index is -3.45. The molecule has 0 aromatic heterocycles. The van der Waals surface area contributed by atoms with E-state index in [2.05, 4.69) is 4.72 Å². The Bertz CT molecular complexity index is 555. The zero-order chi connectivity index (χ0) is 15.5. The van der Waals surface area contributed by atoms with Gasteiger partial charge in [-0.25, -0.2) is 13.1 Å². The number of sulfonamides is 1. The van der Waals surface area contributed by atoms with Gasteiger partial charge in [0, 0.05) is 12.6 Å².